The Morgan fingerprint density at radius 2 is 1.92 bits per heavy atom. The molecule has 138 valence electrons. The molecular formula is C16H17N3O5S2. The fourth-order valence-corrected chi connectivity index (χ4v) is 4.50. The third kappa shape index (κ3) is 4.21. The highest BCUT2D eigenvalue weighted by Gasteiger charge is 2.24. The average Bonchev–Trinajstić information content (AvgIpc) is 3.33. The summed E-state index contributed by atoms with van der Waals surface area (Å²) in [5, 5.41) is 1.65. The number of rotatable bonds is 5. The molecule has 10 heteroatoms. The number of carbonyl (C=O) groups is 2. The largest absolute Gasteiger partial charge is 0.368 e. The number of hydrogen-bond acceptors (Lipinski definition) is 6. The summed E-state index contributed by atoms with van der Waals surface area (Å²) in [5.74, 6) is -1.08. The second-order valence-electron chi connectivity index (χ2n) is 5.53. The highest BCUT2D eigenvalue weighted by molar-refractivity contribution is 7.94. The van der Waals surface area contributed by atoms with Gasteiger partial charge < -0.3 is 4.74 Å². The van der Waals surface area contributed by atoms with Gasteiger partial charge in [0.25, 0.3) is 21.8 Å². The molecule has 3 N–H and O–H groups in total. The van der Waals surface area contributed by atoms with E-state index in [0.717, 1.165) is 17.8 Å². The molecule has 1 fully saturated rings. The van der Waals surface area contributed by atoms with Gasteiger partial charge in [-0.25, -0.2) is 8.42 Å². The maximum absolute atomic E-state index is 12.4. The van der Waals surface area contributed by atoms with Gasteiger partial charge in [-0.3, -0.25) is 25.2 Å². The Hall–Kier alpha value is -2.43. The monoisotopic (exact) mass is 395 g/mol. The van der Waals surface area contributed by atoms with Gasteiger partial charge in [-0.1, -0.05) is 18.2 Å². The fourth-order valence-electron chi connectivity index (χ4n) is 2.43. The van der Waals surface area contributed by atoms with Crippen molar-refractivity contribution < 1.29 is 22.7 Å². The molecular weight excluding hydrogens is 378 g/mol. The first-order valence-corrected chi connectivity index (χ1v) is 10.2. The van der Waals surface area contributed by atoms with E-state index in [1.807, 2.05) is 0 Å². The lowest BCUT2D eigenvalue weighted by Gasteiger charge is -2.14. The van der Waals surface area contributed by atoms with Crippen molar-refractivity contribution in [2.75, 3.05) is 11.3 Å². The van der Waals surface area contributed by atoms with Gasteiger partial charge in [0.2, 0.25) is 0 Å². The van der Waals surface area contributed by atoms with Crippen molar-refractivity contribution in [1.82, 2.24) is 10.9 Å². The normalized spacial score (nSPS) is 16.8. The first-order chi connectivity index (χ1) is 12.5. The Bertz CT molecular complexity index is 890. The lowest BCUT2D eigenvalue weighted by Crippen LogP contribution is -2.46. The molecule has 0 saturated carbocycles. The van der Waals surface area contributed by atoms with Gasteiger partial charge in [-0.05, 0) is 36.4 Å². The lowest BCUT2D eigenvalue weighted by molar-refractivity contribution is -0.130. The first kappa shape index (κ1) is 18.4. The van der Waals surface area contributed by atoms with Crippen LogP contribution in [-0.2, 0) is 19.6 Å². The highest BCUT2D eigenvalue weighted by atomic mass is 32.2. The smallest absolute Gasteiger partial charge is 0.271 e. The van der Waals surface area contributed by atoms with Crippen LogP contribution in [0.15, 0.2) is 46.0 Å². The second kappa shape index (κ2) is 7.85. The zero-order valence-electron chi connectivity index (χ0n) is 13.6. The molecule has 2 amide bonds. The molecule has 26 heavy (non-hydrogen) atoms. The zero-order valence-corrected chi connectivity index (χ0v) is 15.2. The van der Waals surface area contributed by atoms with E-state index in [0.29, 0.717) is 13.0 Å². The lowest BCUT2D eigenvalue weighted by atomic mass is 10.2. The molecule has 3 rings (SSSR count). The van der Waals surface area contributed by atoms with Crippen LogP contribution in [0.5, 0.6) is 0 Å². The number of thiophene rings is 1. The maximum atomic E-state index is 12.4. The van der Waals surface area contributed by atoms with Crippen molar-refractivity contribution >= 4 is 38.9 Å². The third-order valence-electron chi connectivity index (χ3n) is 3.70. The van der Waals surface area contributed by atoms with Crippen LogP contribution in [0.2, 0.25) is 0 Å². The van der Waals surface area contributed by atoms with Crippen LogP contribution in [0.4, 0.5) is 5.69 Å². The summed E-state index contributed by atoms with van der Waals surface area (Å²) in [5.41, 5.74) is 4.79. The van der Waals surface area contributed by atoms with Crippen LogP contribution in [0, 0.1) is 0 Å². The van der Waals surface area contributed by atoms with Gasteiger partial charge in [-0.2, -0.15) is 0 Å². The fraction of sp³-hybridized carbons (Fsp3) is 0.250. The van der Waals surface area contributed by atoms with Crippen LogP contribution in [0.1, 0.15) is 23.2 Å². The number of hydrazine groups is 1. The predicted octanol–water partition coefficient (Wildman–Crippen LogP) is 1.49. The average molecular weight is 395 g/mol. The maximum Gasteiger partial charge on any atom is 0.271 e. The Kier molecular flexibility index (Phi) is 5.55. The van der Waals surface area contributed by atoms with Gasteiger partial charge >= 0.3 is 0 Å². The molecule has 1 saturated heterocycles. The summed E-state index contributed by atoms with van der Waals surface area (Å²) in [7, 11) is -3.79. The third-order valence-corrected chi connectivity index (χ3v) is 6.46. The minimum absolute atomic E-state index is 0.0836. The minimum atomic E-state index is -3.79. The van der Waals surface area contributed by atoms with E-state index in [9.17, 15) is 18.0 Å². The number of benzene rings is 1. The number of para-hydroxylation sites is 1. The molecule has 1 atom stereocenters. The van der Waals surface area contributed by atoms with E-state index in [1.54, 1.807) is 23.6 Å². The van der Waals surface area contributed by atoms with Crippen molar-refractivity contribution in [3.8, 4) is 0 Å². The molecule has 0 spiro atoms. The van der Waals surface area contributed by atoms with Gasteiger partial charge in [0.05, 0.1) is 11.3 Å². The van der Waals surface area contributed by atoms with E-state index < -0.39 is 27.9 Å². The predicted molar refractivity (Wildman–Crippen MR) is 96.2 cm³/mol. The molecule has 1 unspecified atom stereocenters. The zero-order chi connectivity index (χ0) is 18.6. The molecule has 8 nitrogen and oxygen atoms in total. The molecule has 0 bridgehead atoms. The summed E-state index contributed by atoms with van der Waals surface area (Å²) in [6, 6.07) is 9.23. The van der Waals surface area contributed by atoms with Crippen LogP contribution in [-0.4, -0.2) is 32.9 Å². The summed E-state index contributed by atoms with van der Waals surface area (Å²) in [6.07, 6.45) is 0.807. The van der Waals surface area contributed by atoms with Crippen LogP contribution in [0.3, 0.4) is 0 Å². The number of hydrogen-bond donors (Lipinski definition) is 3. The first-order valence-electron chi connectivity index (χ1n) is 7.84. The molecule has 0 aliphatic carbocycles. The van der Waals surface area contributed by atoms with E-state index in [1.165, 1.54) is 18.2 Å². The molecule has 2 heterocycles. The standard InChI is InChI=1S/C16H17N3O5S2/c20-15(17-18-16(21)13-7-3-9-24-13)11-5-1-2-6-12(11)19-26(22,23)14-8-4-10-25-14/h1-2,4-6,8,10,13,19H,3,7,9H2,(H,17,20)(H,18,21). The number of anilines is 1. The van der Waals surface area contributed by atoms with E-state index in [-0.39, 0.29) is 15.5 Å². The molecule has 1 aliphatic heterocycles. The number of ether oxygens (including phenoxy) is 1. The Morgan fingerprint density at radius 1 is 1.12 bits per heavy atom. The highest BCUT2D eigenvalue weighted by Crippen LogP contribution is 2.22. The van der Waals surface area contributed by atoms with Gasteiger partial charge in [0, 0.05) is 6.61 Å². The molecule has 0 radical (unpaired) electrons. The quantitative estimate of drug-likeness (QED) is 0.664. The van der Waals surface area contributed by atoms with Crippen molar-refractivity contribution in [3.05, 3.63) is 47.3 Å². The molecule has 1 aliphatic rings. The van der Waals surface area contributed by atoms with E-state index in [2.05, 4.69) is 15.6 Å². The van der Waals surface area contributed by atoms with Gasteiger partial charge in [0.15, 0.2) is 0 Å². The summed E-state index contributed by atoms with van der Waals surface area (Å²) >= 11 is 1.07. The van der Waals surface area contributed by atoms with Crippen molar-refractivity contribution in [2.24, 2.45) is 0 Å². The topological polar surface area (TPSA) is 114 Å². The number of carbonyl (C=O) groups excluding carboxylic acids is 2. The van der Waals surface area contributed by atoms with Crippen LogP contribution < -0.4 is 15.6 Å². The molecule has 2 aromatic rings. The van der Waals surface area contributed by atoms with Gasteiger partial charge in [-0.15, -0.1) is 11.3 Å². The number of sulfonamides is 1. The number of nitrogens with one attached hydrogen (secondary N) is 3. The van der Waals surface area contributed by atoms with Crippen LogP contribution in [0.25, 0.3) is 0 Å². The van der Waals surface area contributed by atoms with E-state index in [4.69, 9.17) is 4.74 Å². The number of amides is 2. The van der Waals surface area contributed by atoms with Crippen molar-refractivity contribution in [3.63, 3.8) is 0 Å². The van der Waals surface area contributed by atoms with Crippen molar-refractivity contribution in [2.45, 2.75) is 23.2 Å². The second-order valence-corrected chi connectivity index (χ2v) is 8.39. The van der Waals surface area contributed by atoms with Crippen LogP contribution >= 0.6 is 11.3 Å². The summed E-state index contributed by atoms with van der Waals surface area (Å²) < 4.78 is 32.5. The summed E-state index contributed by atoms with van der Waals surface area (Å²) in [6.45, 7) is 0.513. The minimum Gasteiger partial charge on any atom is -0.368 e. The Labute approximate surface area is 154 Å². The van der Waals surface area contributed by atoms with Crippen molar-refractivity contribution in [1.29, 1.82) is 0 Å². The molecule has 1 aromatic heterocycles. The Balaban J connectivity index is 1.70. The molecule has 1 aromatic carbocycles. The summed E-state index contributed by atoms with van der Waals surface area (Å²) in [4.78, 5) is 24.2. The van der Waals surface area contributed by atoms with Gasteiger partial charge in [0.1, 0.15) is 10.3 Å². The Morgan fingerprint density at radius 3 is 2.62 bits per heavy atom. The van der Waals surface area contributed by atoms with E-state index >= 15 is 0 Å². The SMILES string of the molecule is O=C(NNC(=O)C1CCCO1)c1ccccc1NS(=O)(=O)c1cccs1.